The summed E-state index contributed by atoms with van der Waals surface area (Å²) in [4.78, 5) is 2.46. The van der Waals surface area contributed by atoms with E-state index in [0.29, 0.717) is 12.5 Å². The van der Waals surface area contributed by atoms with Crippen LogP contribution >= 0.6 is 0 Å². The molecule has 5 heteroatoms. The van der Waals surface area contributed by atoms with E-state index in [-0.39, 0.29) is 12.0 Å². The van der Waals surface area contributed by atoms with Gasteiger partial charge in [0.25, 0.3) is 0 Å². The number of hydrogen-bond acceptors (Lipinski definition) is 2. The van der Waals surface area contributed by atoms with E-state index in [1.165, 1.54) is 32.1 Å². The lowest BCUT2D eigenvalue weighted by molar-refractivity contribution is -0.135. The molecule has 2 fully saturated rings. The second-order valence-corrected chi connectivity index (χ2v) is 6.83. The molecule has 2 nitrogen and oxygen atoms in total. The third-order valence-electron chi connectivity index (χ3n) is 5.17. The summed E-state index contributed by atoms with van der Waals surface area (Å²) in [6.45, 7) is 5.01. The van der Waals surface area contributed by atoms with Crippen molar-refractivity contribution < 1.29 is 13.2 Å². The molecular weight excluding hydrogens is 277 g/mol. The molecule has 0 amide bonds. The number of unbranched alkanes of at least 4 members (excludes halogenated alkanes) is 1. The Labute approximate surface area is 126 Å². The van der Waals surface area contributed by atoms with Crippen molar-refractivity contribution in [1.29, 1.82) is 0 Å². The number of halogens is 3. The molecule has 0 aromatic heterocycles. The monoisotopic (exact) mass is 306 g/mol. The van der Waals surface area contributed by atoms with E-state index in [9.17, 15) is 13.2 Å². The molecule has 124 valence electrons. The summed E-state index contributed by atoms with van der Waals surface area (Å²) in [6, 6.07) is 0.489. The zero-order chi connectivity index (χ0) is 15.3. The fraction of sp³-hybridized carbons (Fsp3) is 1.00. The van der Waals surface area contributed by atoms with Gasteiger partial charge in [-0.3, -0.25) is 4.90 Å². The Bertz CT molecular complexity index is 311. The van der Waals surface area contributed by atoms with Crippen molar-refractivity contribution in [3.05, 3.63) is 0 Å². The first kappa shape index (κ1) is 17.1. The van der Waals surface area contributed by atoms with Gasteiger partial charge in [-0.25, -0.2) is 0 Å². The number of piperazine rings is 1. The minimum absolute atomic E-state index is 0.244. The van der Waals surface area contributed by atoms with Crippen LogP contribution in [0.4, 0.5) is 13.2 Å². The minimum atomic E-state index is -4.00. The van der Waals surface area contributed by atoms with E-state index in [4.69, 9.17) is 0 Å². The van der Waals surface area contributed by atoms with Gasteiger partial charge >= 0.3 is 6.18 Å². The van der Waals surface area contributed by atoms with Crippen LogP contribution in [0.2, 0.25) is 0 Å². The molecule has 0 aromatic carbocycles. The van der Waals surface area contributed by atoms with Crippen molar-refractivity contribution in [2.75, 3.05) is 19.6 Å². The highest BCUT2D eigenvalue weighted by Gasteiger charge is 2.39. The van der Waals surface area contributed by atoms with Crippen LogP contribution in [0.5, 0.6) is 0 Å². The summed E-state index contributed by atoms with van der Waals surface area (Å²) in [6.07, 6.45) is 3.69. The Hall–Kier alpha value is -0.290. The summed E-state index contributed by atoms with van der Waals surface area (Å²) >= 11 is 0. The summed E-state index contributed by atoms with van der Waals surface area (Å²) in [5.74, 6) is 0. The van der Waals surface area contributed by atoms with Crippen molar-refractivity contribution >= 4 is 0 Å². The quantitative estimate of drug-likeness (QED) is 0.769. The second-order valence-electron chi connectivity index (χ2n) is 6.83. The molecule has 0 radical (unpaired) electrons. The molecule has 1 heterocycles. The molecule has 1 aliphatic carbocycles. The van der Waals surface area contributed by atoms with Crippen molar-refractivity contribution in [2.24, 2.45) is 0 Å². The van der Waals surface area contributed by atoms with Crippen LogP contribution in [0.25, 0.3) is 0 Å². The fourth-order valence-corrected chi connectivity index (χ4v) is 3.91. The zero-order valence-electron chi connectivity index (χ0n) is 13.1. The van der Waals surface area contributed by atoms with Crippen LogP contribution < -0.4 is 5.32 Å². The fourth-order valence-electron chi connectivity index (χ4n) is 3.91. The van der Waals surface area contributed by atoms with Gasteiger partial charge in [0.1, 0.15) is 0 Å². The van der Waals surface area contributed by atoms with Crippen LogP contribution in [-0.4, -0.2) is 42.3 Å². The molecule has 1 aliphatic heterocycles. The van der Waals surface area contributed by atoms with Crippen LogP contribution in [0, 0.1) is 0 Å². The Morgan fingerprint density at radius 1 is 1.14 bits per heavy atom. The Balaban J connectivity index is 1.82. The van der Waals surface area contributed by atoms with Gasteiger partial charge in [-0.05, 0) is 38.6 Å². The van der Waals surface area contributed by atoms with Gasteiger partial charge in [-0.1, -0.05) is 26.2 Å². The molecule has 2 aliphatic rings. The standard InChI is InChI=1S/C16H29F3N2/c1-2-14-12-20-15(8-4-3-5-9-15)13-21(14)11-7-6-10-16(17,18)19/h14,20H,2-13H2,1H3. The zero-order valence-corrected chi connectivity index (χ0v) is 13.1. The van der Waals surface area contributed by atoms with Gasteiger partial charge in [0.2, 0.25) is 0 Å². The van der Waals surface area contributed by atoms with Crippen molar-refractivity contribution in [2.45, 2.75) is 82.5 Å². The van der Waals surface area contributed by atoms with Gasteiger partial charge in [0.05, 0.1) is 0 Å². The Morgan fingerprint density at radius 2 is 1.86 bits per heavy atom. The molecule has 1 spiro atoms. The molecule has 1 saturated carbocycles. The van der Waals surface area contributed by atoms with Gasteiger partial charge < -0.3 is 5.32 Å². The summed E-state index contributed by atoms with van der Waals surface area (Å²) in [7, 11) is 0. The van der Waals surface area contributed by atoms with Crippen LogP contribution in [-0.2, 0) is 0 Å². The number of nitrogens with one attached hydrogen (secondary N) is 1. The van der Waals surface area contributed by atoms with Crippen LogP contribution in [0.1, 0.15) is 64.7 Å². The normalized spacial score (nSPS) is 27.1. The van der Waals surface area contributed by atoms with E-state index < -0.39 is 12.6 Å². The van der Waals surface area contributed by atoms with E-state index >= 15 is 0 Å². The molecule has 0 bridgehead atoms. The van der Waals surface area contributed by atoms with Crippen LogP contribution in [0.15, 0.2) is 0 Å². The van der Waals surface area contributed by atoms with Gasteiger partial charge in [-0.2, -0.15) is 13.2 Å². The molecule has 1 atom stereocenters. The van der Waals surface area contributed by atoms with E-state index in [0.717, 1.165) is 26.1 Å². The molecule has 0 aromatic rings. The lowest BCUT2D eigenvalue weighted by Gasteiger charge is -2.49. The van der Waals surface area contributed by atoms with E-state index in [1.54, 1.807) is 0 Å². The first-order valence-corrected chi connectivity index (χ1v) is 8.50. The third kappa shape index (κ3) is 5.13. The molecule has 1 saturated heterocycles. The maximum absolute atomic E-state index is 12.2. The smallest absolute Gasteiger partial charge is 0.308 e. The maximum Gasteiger partial charge on any atom is 0.389 e. The number of alkyl halides is 3. The lowest BCUT2D eigenvalue weighted by Crippen LogP contribution is -2.64. The van der Waals surface area contributed by atoms with Crippen molar-refractivity contribution in [3.8, 4) is 0 Å². The topological polar surface area (TPSA) is 15.3 Å². The van der Waals surface area contributed by atoms with Crippen LogP contribution in [0.3, 0.4) is 0 Å². The first-order valence-electron chi connectivity index (χ1n) is 8.50. The summed E-state index contributed by atoms with van der Waals surface area (Å²) < 4.78 is 36.7. The van der Waals surface area contributed by atoms with E-state index in [1.807, 2.05) is 0 Å². The van der Waals surface area contributed by atoms with Crippen molar-refractivity contribution in [1.82, 2.24) is 10.2 Å². The molecule has 1 unspecified atom stereocenters. The largest absolute Gasteiger partial charge is 0.389 e. The summed E-state index contributed by atoms with van der Waals surface area (Å²) in [5, 5.41) is 3.76. The molecule has 1 N–H and O–H groups in total. The molecular formula is C16H29F3N2. The lowest BCUT2D eigenvalue weighted by atomic mass is 9.79. The molecule has 2 rings (SSSR count). The number of nitrogens with zero attached hydrogens (tertiary/aromatic N) is 1. The highest BCUT2D eigenvalue weighted by Crippen LogP contribution is 2.32. The average Bonchev–Trinajstić information content (AvgIpc) is 2.44. The highest BCUT2D eigenvalue weighted by molar-refractivity contribution is 4.99. The first-order chi connectivity index (χ1) is 9.94. The van der Waals surface area contributed by atoms with Gasteiger partial charge in [0.15, 0.2) is 0 Å². The minimum Gasteiger partial charge on any atom is -0.308 e. The van der Waals surface area contributed by atoms with Crippen molar-refractivity contribution in [3.63, 3.8) is 0 Å². The van der Waals surface area contributed by atoms with Gasteiger partial charge in [-0.15, -0.1) is 0 Å². The van der Waals surface area contributed by atoms with Gasteiger partial charge in [0, 0.05) is 31.1 Å². The summed E-state index contributed by atoms with van der Waals surface area (Å²) in [5.41, 5.74) is 0.244. The third-order valence-corrected chi connectivity index (χ3v) is 5.17. The second kappa shape index (κ2) is 7.32. The van der Waals surface area contributed by atoms with E-state index in [2.05, 4.69) is 17.1 Å². The predicted molar refractivity (Wildman–Crippen MR) is 79.4 cm³/mol. The average molecular weight is 306 g/mol. The Morgan fingerprint density at radius 3 is 2.48 bits per heavy atom. The number of hydrogen-bond donors (Lipinski definition) is 1. The maximum atomic E-state index is 12.2. The SMILES string of the molecule is CCC1CNC2(CCCCC2)CN1CCCCC(F)(F)F. The predicted octanol–water partition coefficient (Wildman–Crippen LogP) is 4.11. The molecule has 21 heavy (non-hydrogen) atoms. The number of rotatable bonds is 5. The Kier molecular flexibility index (Phi) is 5.95. The highest BCUT2D eigenvalue weighted by atomic mass is 19.4.